The fourth-order valence-electron chi connectivity index (χ4n) is 4.48. The molecule has 0 unspecified atom stereocenters. The number of anilines is 2. The van der Waals surface area contributed by atoms with E-state index in [1.165, 1.54) is 5.57 Å². The predicted molar refractivity (Wildman–Crippen MR) is 140 cm³/mol. The third-order valence-corrected chi connectivity index (χ3v) is 6.56. The molecule has 2 aliphatic rings. The highest BCUT2D eigenvalue weighted by Gasteiger charge is 2.24. The van der Waals surface area contributed by atoms with E-state index in [9.17, 15) is 14.4 Å². The van der Waals surface area contributed by atoms with E-state index in [0.29, 0.717) is 54.6 Å². The van der Waals surface area contributed by atoms with Gasteiger partial charge in [0.25, 0.3) is 17.7 Å². The molecule has 8 nitrogen and oxygen atoms in total. The molecule has 3 aromatic rings. The number of rotatable bonds is 5. The number of carbonyl (C=O) groups excluding carboxylic acids is 3. The van der Waals surface area contributed by atoms with Gasteiger partial charge in [-0.3, -0.25) is 14.4 Å². The van der Waals surface area contributed by atoms with Crippen molar-refractivity contribution in [3.63, 3.8) is 0 Å². The zero-order valence-corrected chi connectivity index (χ0v) is 20.3. The van der Waals surface area contributed by atoms with Gasteiger partial charge >= 0.3 is 0 Å². The summed E-state index contributed by atoms with van der Waals surface area (Å²) in [5.74, 6) is 0.0965. The first kappa shape index (κ1) is 23.4. The van der Waals surface area contributed by atoms with Crippen molar-refractivity contribution in [2.75, 3.05) is 29.9 Å². The molecule has 3 amide bonds. The van der Waals surface area contributed by atoms with Gasteiger partial charge < -0.3 is 24.8 Å². The van der Waals surface area contributed by atoms with Crippen LogP contribution in [0, 0.1) is 0 Å². The number of aromatic nitrogens is 1. The van der Waals surface area contributed by atoms with Crippen LogP contribution in [0.2, 0.25) is 0 Å². The quantitative estimate of drug-likeness (QED) is 0.418. The summed E-state index contributed by atoms with van der Waals surface area (Å²) in [4.78, 5) is 39.8. The number of allylic oxidation sites excluding steroid dienone is 3. The van der Waals surface area contributed by atoms with Crippen LogP contribution in [0.25, 0.3) is 10.9 Å². The molecule has 2 N–H and O–H groups in total. The van der Waals surface area contributed by atoms with Crippen molar-refractivity contribution in [3.05, 3.63) is 77.5 Å². The Balaban J connectivity index is 1.36. The average molecular weight is 485 g/mol. The molecule has 0 spiro atoms. The van der Waals surface area contributed by atoms with Gasteiger partial charge in [0.05, 0.1) is 12.2 Å². The number of nitrogens with zero attached hydrogens (tertiary/aromatic N) is 2. The summed E-state index contributed by atoms with van der Waals surface area (Å²) in [6, 6.07) is 12.5. The lowest BCUT2D eigenvalue weighted by atomic mass is 10.1. The van der Waals surface area contributed by atoms with Crippen LogP contribution in [-0.2, 0) is 11.3 Å². The molecule has 36 heavy (non-hydrogen) atoms. The number of amides is 3. The SMILES string of the molecule is CC=C(C)CC=CC(=O)N1CCOc2ccc(NC(=O)c3ccc4cc5n(c4c3)CCNC5=O)cc21. The third kappa shape index (κ3) is 4.49. The molecule has 0 atom stereocenters. The monoisotopic (exact) mass is 484 g/mol. The van der Waals surface area contributed by atoms with E-state index in [1.807, 2.05) is 48.8 Å². The Hall–Kier alpha value is -4.33. The first-order valence-electron chi connectivity index (χ1n) is 12.0. The van der Waals surface area contributed by atoms with Crippen molar-refractivity contribution in [2.45, 2.75) is 26.8 Å². The molecule has 184 valence electrons. The fraction of sp³-hybridized carbons (Fsp3) is 0.250. The molecular formula is C28H28N4O4. The molecule has 5 rings (SSSR count). The van der Waals surface area contributed by atoms with Crippen molar-refractivity contribution in [1.29, 1.82) is 0 Å². The molecule has 3 heterocycles. The van der Waals surface area contributed by atoms with E-state index < -0.39 is 0 Å². The number of fused-ring (bicyclic) bond motifs is 4. The Morgan fingerprint density at radius 2 is 2.00 bits per heavy atom. The highest BCUT2D eigenvalue weighted by atomic mass is 16.5. The Morgan fingerprint density at radius 1 is 1.14 bits per heavy atom. The third-order valence-electron chi connectivity index (χ3n) is 6.56. The van der Waals surface area contributed by atoms with Gasteiger partial charge in [-0.05, 0) is 62.7 Å². The maximum Gasteiger partial charge on any atom is 0.268 e. The van der Waals surface area contributed by atoms with E-state index in [-0.39, 0.29) is 17.7 Å². The number of hydrogen-bond donors (Lipinski definition) is 2. The topological polar surface area (TPSA) is 92.7 Å². The maximum absolute atomic E-state index is 13.1. The lowest BCUT2D eigenvalue weighted by molar-refractivity contribution is -0.114. The zero-order chi connectivity index (χ0) is 25.2. The highest BCUT2D eigenvalue weighted by Crippen LogP contribution is 2.34. The second kappa shape index (κ2) is 9.73. The standard InChI is InChI=1S/C28H28N4O4/c1-3-18(2)5-4-6-26(33)32-13-14-36-25-10-9-21(17-23(25)32)30-27(34)20-8-7-19-15-24-28(35)29-11-12-31(24)22(19)16-20/h3-4,6-10,15-17H,5,11-14H2,1-2H3,(H,29,35)(H,30,34). The summed E-state index contributed by atoms with van der Waals surface area (Å²) >= 11 is 0. The predicted octanol–water partition coefficient (Wildman–Crippen LogP) is 4.27. The van der Waals surface area contributed by atoms with Crippen LogP contribution in [0.1, 0.15) is 41.1 Å². The van der Waals surface area contributed by atoms with E-state index in [1.54, 1.807) is 35.2 Å². The summed E-state index contributed by atoms with van der Waals surface area (Å²) < 4.78 is 7.67. The normalized spacial score (nSPS) is 15.3. The largest absolute Gasteiger partial charge is 0.490 e. The Kier molecular flexibility index (Phi) is 6.33. The lowest BCUT2D eigenvalue weighted by Crippen LogP contribution is -2.37. The van der Waals surface area contributed by atoms with Crippen LogP contribution < -0.4 is 20.3 Å². The molecule has 2 aliphatic heterocycles. The molecule has 0 aliphatic carbocycles. The Bertz CT molecular complexity index is 1430. The van der Waals surface area contributed by atoms with Gasteiger partial charge in [-0.25, -0.2) is 0 Å². The van der Waals surface area contributed by atoms with Crippen molar-refractivity contribution < 1.29 is 19.1 Å². The molecule has 8 heteroatoms. The smallest absolute Gasteiger partial charge is 0.268 e. The van der Waals surface area contributed by atoms with Crippen molar-refractivity contribution >= 4 is 40.0 Å². The van der Waals surface area contributed by atoms with Gasteiger partial charge in [0.15, 0.2) is 0 Å². The number of hydrogen-bond acceptors (Lipinski definition) is 4. The number of ether oxygens (including phenoxy) is 1. The Morgan fingerprint density at radius 3 is 2.83 bits per heavy atom. The summed E-state index contributed by atoms with van der Waals surface area (Å²) in [6.07, 6.45) is 6.18. The highest BCUT2D eigenvalue weighted by molar-refractivity contribution is 6.08. The van der Waals surface area contributed by atoms with Gasteiger partial charge in [-0.2, -0.15) is 0 Å². The minimum absolute atomic E-state index is 0.106. The average Bonchev–Trinajstić information content (AvgIpc) is 3.27. The van der Waals surface area contributed by atoms with Crippen LogP contribution in [0.4, 0.5) is 11.4 Å². The molecule has 0 saturated carbocycles. The number of benzene rings is 2. The van der Waals surface area contributed by atoms with Gasteiger partial charge in [0.2, 0.25) is 0 Å². The van der Waals surface area contributed by atoms with Crippen LogP contribution >= 0.6 is 0 Å². The van der Waals surface area contributed by atoms with Crippen molar-refractivity contribution in [1.82, 2.24) is 9.88 Å². The summed E-state index contributed by atoms with van der Waals surface area (Å²) in [6.45, 7) is 6.05. The minimum atomic E-state index is -0.274. The van der Waals surface area contributed by atoms with E-state index in [4.69, 9.17) is 4.74 Å². The second-order valence-electron chi connectivity index (χ2n) is 8.93. The first-order chi connectivity index (χ1) is 17.4. The maximum atomic E-state index is 13.1. The first-order valence-corrected chi connectivity index (χ1v) is 12.0. The molecule has 0 saturated heterocycles. The van der Waals surface area contributed by atoms with Gasteiger partial charge in [0.1, 0.15) is 18.1 Å². The van der Waals surface area contributed by atoms with Crippen LogP contribution in [0.3, 0.4) is 0 Å². The minimum Gasteiger partial charge on any atom is -0.490 e. The molecule has 0 fully saturated rings. The van der Waals surface area contributed by atoms with Gasteiger partial charge in [-0.15, -0.1) is 0 Å². The van der Waals surface area contributed by atoms with Crippen LogP contribution in [0.5, 0.6) is 5.75 Å². The Labute approximate surface area is 209 Å². The van der Waals surface area contributed by atoms with Crippen molar-refractivity contribution in [2.24, 2.45) is 0 Å². The zero-order valence-electron chi connectivity index (χ0n) is 20.3. The summed E-state index contributed by atoms with van der Waals surface area (Å²) in [5.41, 5.74) is 4.31. The van der Waals surface area contributed by atoms with E-state index >= 15 is 0 Å². The van der Waals surface area contributed by atoms with Crippen molar-refractivity contribution in [3.8, 4) is 5.75 Å². The van der Waals surface area contributed by atoms with Crippen LogP contribution in [0.15, 0.2) is 66.3 Å². The van der Waals surface area contributed by atoms with Gasteiger partial charge in [0, 0.05) is 35.2 Å². The van der Waals surface area contributed by atoms with E-state index in [2.05, 4.69) is 10.6 Å². The van der Waals surface area contributed by atoms with Gasteiger partial charge in [-0.1, -0.05) is 23.8 Å². The fourth-order valence-corrected chi connectivity index (χ4v) is 4.48. The van der Waals surface area contributed by atoms with E-state index in [0.717, 1.165) is 17.3 Å². The molecule has 0 bridgehead atoms. The molecule has 2 aromatic carbocycles. The number of nitrogens with one attached hydrogen (secondary N) is 2. The molecule has 0 radical (unpaired) electrons. The summed E-state index contributed by atoms with van der Waals surface area (Å²) in [7, 11) is 0. The molecule has 1 aromatic heterocycles. The lowest BCUT2D eigenvalue weighted by Gasteiger charge is -2.29. The summed E-state index contributed by atoms with van der Waals surface area (Å²) in [5, 5.41) is 6.69. The number of carbonyl (C=O) groups is 3. The van der Waals surface area contributed by atoms with Crippen LogP contribution in [-0.4, -0.2) is 42.0 Å². The molecular weight excluding hydrogens is 456 g/mol. The second-order valence-corrected chi connectivity index (χ2v) is 8.93.